The summed E-state index contributed by atoms with van der Waals surface area (Å²) in [6.45, 7) is 7.57. The van der Waals surface area contributed by atoms with Crippen LogP contribution in [-0.4, -0.2) is 83.1 Å². The molecule has 1 atom stereocenters. The molecule has 2 amide bonds. The summed E-state index contributed by atoms with van der Waals surface area (Å²) >= 11 is 0. The van der Waals surface area contributed by atoms with Crippen LogP contribution >= 0.6 is 0 Å². The quantitative estimate of drug-likeness (QED) is 0.727. The van der Waals surface area contributed by atoms with Gasteiger partial charge in [0.2, 0.25) is 11.8 Å². The minimum Gasteiger partial charge on any atom is -0.379 e. The number of aromatic nitrogens is 1. The van der Waals surface area contributed by atoms with E-state index in [1.54, 1.807) is 11.8 Å². The minimum absolute atomic E-state index is 0.0106. The van der Waals surface area contributed by atoms with Crippen molar-refractivity contribution in [3.05, 3.63) is 36.0 Å². The van der Waals surface area contributed by atoms with E-state index in [0.29, 0.717) is 19.6 Å². The smallest absolute Gasteiger partial charge is 0.245 e. The molecule has 7 nitrogen and oxygen atoms in total. The summed E-state index contributed by atoms with van der Waals surface area (Å²) in [7, 11) is 2.06. The van der Waals surface area contributed by atoms with Crippen molar-refractivity contribution in [2.45, 2.75) is 32.4 Å². The fourth-order valence-electron chi connectivity index (χ4n) is 4.66. The van der Waals surface area contributed by atoms with E-state index in [0.717, 1.165) is 51.4 Å². The molecule has 1 aromatic carbocycles. The van der Waals surface area contributed by atoms with Crippen molar-refractivity contribution in [2.24, 2.45) is 7.05 Å². The summed E-state index contributed by atoms with van der Waals surface area (Å²) in [4.78, 5) is 31.6. The zero-order chi connectivity index (χ0) is 21.1. The van der Waals surface area contributed by atoms with Crippen molar-refractivity contribution < 1.29 is 14.3 Å². The van der Waals surface area contributed by atoms with Crippen LogP contribution in [0.15, 0.2) is 30.3 Å². The van der Waals surface area contributed by atoms with Gasteiger partial charge in [-0.05, 0) is 30.4 Å². The van der Waals surface area contributed by atoms with Crippen molar-refractivity contribution >= 4 is 22.7 Å². The summed E-state index contributed by atoms with van der Waals surface area (Å²) in [5, 5.41) is 1.18. The molecule has 0 saturated carbocycles. The monoisotopic (exact) mass is 412 g/mol. The van der Waals surface area contributed by atoms with Crippen molar-refractivity contribution in [3.8, 4) is 0 Å². The first-order chi connectivity index (χ1) is 14.5. The Hall–Kier alpha value is -2.38. The lowest BCUT2D eigenvalue weighted by molar-refractivity contribution is -0.143. The largest absolute Gasteiger partial charge is 0.379 e. The second-order valence-electron chi connectivity index (χ2n) is 8.34. The normalized spacial score (nSPS) is 20.1. The molecule has 2 aromatic rings. The number of hydrogen-bond acceptors (Lipinski definition) is 4. The number of ether oxygens (including phenoxy) is 1. The Morgan fingerprint density at radius 1 is 1.17 bits per heavy atom. The van der Waals surface area contributed by atoms with Crippen LogP contribution in [0, 0.1) is 0 Å². The molecular weight excluding hydrogens is 380 g/mol. The predicted molar refractivity (Wildman–Crippen MR) is 116 cm³/mol. The summed E-state index contributed by atoms with van der Waals surface area (Å²) in [5.41, 5.74) is 2.28. The average Bonchev–Trinajstić information content (AvgIpc) is 3.37. The number of benzene rings is 1. The predicted octanol–water partition coefficient (Wildman–Crippen LogP) is 1.85. The number of nitrogens with zero attached hydrogens (tertiary/aromatic N) is 4. The first-order valence-corrected chi connectivity index (χ1v) is 10.9. The lowest BCUT2D eigenvalue weighted by Crippen LogP contribution is -2.49. The van der Waals surface area contributed by atoms with Gasteiger partial charge in [0.25, 0.3) is 0 Å². The highest BCUT2D eigenvalue weighted by molar-refractivity contribution is 5.88. The molecule has 0 unspecified atom stereocenters. The van der Waals surface area contributed by atoms with Gasteiger partial charge in [-0.2, -0.15) is 0 Å². The van der Waals surface area contributed by atoms with Crippen LogP contribution < -0.4 is 0 Å². The van der Waals surface area contributed by atoms with Crippen LogP contribution in [0.4, 0.5) is 0 Å². The van der Waals surface area contributed by atoms with Gasteiger partial charge in [0.05, 0.1) is 19.8 Å². The Balaban J connectivity index is 1.54. The number of rotatable bonds is 6. The maximum Gasteiger partial charge on any atom is 0.245 e. The fraction of sp³-hybridized carbons (Fsp3) is 0.565. The molecule has 30 heavy (non-hydrogen) atoms. The van der Waals surface area contributed by atoms with Crippen molar-refractivity contribution in [1.82, 2.24) is 19.3 Å². The van der Waals surface area contributed by atoms with Crippen LogP contribution in [0.1, 0.15) is 25.5 Å². The van der Waals surface area contributed by atoms with Crippen LogP contribution in [0.25, 0.3) is 10.9 Å². The molecule has 2 aliphatic heterocycles. The molecule has 0 radical (unpaired) electrons. The number of hydrogen-bond donors (Lipinski definition) is 0. The third-order valence-electron chi connectivity index (χ3n) is 6.45. The molecule has 0 spiro atoms. The molecule has 0 aliphatic carbocycles. The van der Waals surface area contributed by atoms with Crippen LogP contribution in [0.5, 0.6) is 0 Å². The molecule has 2 aliphatic rings. The van der Waals surface area contributed by atoms with Gasteiger partial charge < -0.3 is 19.1 Å². The SMILES string of the molecule is CC(=O)N1CCC[C@@H]1C(=O)N(CCN1CCOCC1)Cc1cc2ccccc2n1C. The molecule has 3 heterocycles. The van der Waals surface area contributed by atoms with Gasteiger partial charge in [0, 0.05) is 57.9 Å². The van der Waals surface area contributed by atoms with Gasteiger partial charge in [0.1, 0.15) is 6.04 Å². The standard InChI is InChI=1S/C23H32N4O3/c1-18(28)27-9-5-8-22(27)23(29)26(11-10-25-12-14-30-15-13-25)17-20-16-19-6-3-4-7-21(19)24(20)2/h3-4,6-7,16,22H,5,8-15,17H2,1-2H3/t22-/m1/s1. The van der Waals surface area contributed by atoms with E-state index in [1.807, 2.05) is 17.0 Å². The number of aryl methyl sites for hydroxylation is 1. The van der Waals surface area contributed by atoms with E-state index in [2.05, 4.69) is 34.7 Å². The Kier molecular flexibility index (Phi) is 6.39. The molecule has 7 heteroatoms. The number of para-hydroxylation sites is 1. The highest BCUT2D eigenvalue weighted by Gasteiger charge is 2.35. The summed E-state index contributed by atoms with van der Waals surface area (Å²) in [5.74, 6) is 0.0600. The molecule has 0 bridgehead atoms. The molecule has 162 valence electrons. The van der Waals surface area contributed by atoms with Gasteiger partial charge in [0.15, 0.2) is 0 Å². The van der Waals surface area contributed by atoms with Gasteiger partial charge in [-0.1, -0.05) is 18.2 Å². The molecule has 1 aromatic heterocycles. The van der Waals surface area contributed by atoms with Crippen molar-refractivity contribution in [2.75, 3.05) is 45.9 Å². The Bertz CT molecular complexity index is 903. The summed E-state index contributed by atoms with van der Waals surface area (Å²) in [6.07, 6.45) is 1.64. The number of amides is 2. The maximum absolute atomic E-state index is 13.5. The number of morpholine rings is 1. The number of likely N-dealkylation sites (tertiary alicyclic amines) is 1. The van der Waals surface area contributed by atoms with Crippen molar-refractivity contribution in [1.29, 1.82) is 0 Å². The minimum atomic E-state index is -0.332. The van der Waals surface area contributed by atoms with Crippen LogP contribution in [0.2, 0.25) is 0 Å². The number of carbonyl (C=O) groups excluding carboxylic acids is 2. The van der Waals surface area contributed by atoms with Gasteiger partial charge >= 0.3 is 0 Å². The van der Waals surface area contributed by atoms with Gasteiger partial charge in [-0.15, -0.1) is 0 Å². The van der Waals surface area contributed by atoms with E-state index >= 15 is 0 Å². The highest BCUT2D eigenvalue weighted by atomic mass is 16.5. The average molecular weight is 413 g/mol. The zero-order valence-corrected chi connectivity index (χ0v) is 18.0. The summed E-state index contributed by atoms with van der Waals surface area (Å²) in [6, 6.07) is 10.1. The van der Waals surface area contributed by atoms with E-state index < -0.39 is 0 Å². The van der Waals surface area contributed by atoms with E-state index in [9.17, 15) is 9.59 Å². The first kappa shape index (κ1) is 20.9. The third-order valence-corrected chi connectivity index (χ3v) is 6.45. The number of carbonyl (C=O) groups is 2. The lowest BCUT2D eigenvalue weighted by Gasteiger charge is -2.33. The third kappa shape index (κ3) is 4.37. The van der Waals surface area contributed by atoms with E-state index in [1.165, 1.54) is 10.9 Å². The Morgan fingerprint density at radius 2 is 1.93 bits per heavy atom. The van der Waals surface area contributed by atoms with Crippen molar-refractivity contribution in [3.63, 3.8) is 0 Å². The molecule has 2 saturated heterocycles. The Labute approximate surface area is 178 Å². The fourth-order valence-corrected chi connectivity index (χ4v) is 4.66. The topological polar surface area (TPSA) is 58.0 Å². The second kappa shape index (κ2) is 9.18. The zero-order valence-electron chi connectivity index (χ0n) is 18.0. The Morgan fingerprint density at radius 3 is 2.67 bits per heavy atom. The van der Waals surface area contributed by atoms with E-state index in [-0.39, 0.29) is 17.9 Å². The highest BCUT2D eigenvalue weighted by Crippen LogP contribution is 2.23. The molecule has 2 fully saturated rings. The van der Waals surface area contributed by atoms with E-state index in [4.69, 9.17) is 4.74 Å². The lowest BCUT2D eigenvalue weighted by atomic mass is 10.1. The molecule has 4 rings (SSSR count). The molecular formula is C23H32N4O3. The molecule has 0 N–H and O–H groups in total. The van der Waals surface area contributed by atoms with Gasteiger partial charge in [-0.3, -0.25) is 14.5 Å². The van der Waals surface area contributed by atoms with Crippen LogP contribution in [-0.2, 0) is 27.9 Å². The maximum atomic E-state index is 13.5. The summed E-state index contributed by atoms with van der Waals surface area (Å²) < 4.78 is 7.62. The van der Waals surface area contributed by atoms with Gasteiger partial charge in [-0.25, -0.2) is 0 Å². The first-order valence-electron chi connectivity index (χ1n) is 10.9. The number of fused-ring (bicyclic) bond motifs is 1. The second-order valence-corrected chi connectivity index (χ2v) is 8.34. The van der Waals surface area contributed by atoms with Crippen LogP contribution in [0.3, 0.4) is 0 Å².